The van der Waals surface area contributed by atoms with Crippen LogP contribution in [0.15, 0.2) is 72.3 Å². The van der Waals surface area contributed by atoms with Crippen molar-refractivity contribution in [1.82, 2.24) is 34.7 Å². The van der Waals surface area contributed by atoms with Crippen LogP contribution in [0.1, 0.15) is 11.5 Å². The first kappa shape index (κ1) is 15.5. The molecule has 0 unspecified atom stereocenters. The number of imidazole rings is 1. The van der Waals surface area contributed by atoms with Gasteiger partial charge in [0.2, 0.25) is 0 Å². The van der Waals surface area contributed by atoms with E-state index in [0.29, 0.717) is 12.3 Å². The number of benzene rings is 1. The van der Waals surface area contributed by atoms with Crippen molar-refractivity contribution in [2.45, 2.75) is 17.5 Å². The summed E-state index contributed by atoms with van der Waals surface area (Å²) in [6, 6.07) is 15.8. The number of hydrogen-bond donors (Lipinski definition) is 0. The Morgan fingerprint density at radius 2 is 1.80 bits per heavy atom. The average Bonchev–Trinajstić information content (AvgIpc) is 3.31. The Kier molecular flexibility index (Phi) is 4.51. The molecule has 0 bridgehead atoms. The van der Waals surface area contributed by atoms with Gasteiger partial charge in [-0.15, -0.1) is 5.10 Å². The highest BCUT2D eigenvalue weighted by Gasteiger charge is 2.11. The van der Waals surface area contributed by atoms with E-state index >= 15 is 0 Å². The summed E-state index contributed by atoms with van der Waals surface area (Å²) in [6.45, 7) is 0.687. The summed E-state index contributed by atoms with van der Waals surface area (Å²) in [7, 11) is 0. The zero-order chi connectivity index (χ0) is 16.9. The number of tetrazole rings is 1. The van der Waals surface area contributed by atoms with Crippen LogP contribution in [0.4, 0.5) is 0 Å². The van der Waals surface area contributed by atoms with Gasteiger partial charge in [-0.1, -0.05) is 36.0 Å². The third-order valence-electron chi connectivity index (χ3n) is 3.60. The van der Waals surface area contributed by atoms with Crippen molar-refractivity contribution < 1.29 is 0 Å². The molecule has 0 fully saturated rings. The molecule has 25 heavy (non-hydrogen) atoms. The van der Waals surface area contributed by atoms with Crippen LogP contribution in [0.25, 0.3) is 5.69 Å². The van der Waals surface area contributed by atoms with Crippen LogP contribution in [0.2, 0.25) is 0 Å². The molecule has 0 radical (unpaired) electrons. The van der Waals surface area contributed by atoms with Gasteiger partial charge in [-0.2, -0.15) is 4.68 Å². The molecule has 3 heterocycles. The molecular formula is C17H15N7S. The summed E-state index contributed by atoms with van der Waals surface area (Å²) in [5, 5.41) is 12.9. The Balaban J connectivity index is 1.49. The Morgan fingerprint density at radius 3 is 2.64 bits per heavy atom. The van der Waals surface area contributed by atoms with Crippen LogP contribution in [0.3, 0.4) is 0 Å². The van der Waals surface area contributed by atoms with Gasteiger partial charge in [0.05, 0.1) is 23.7 Å². The largest absolute Gasteiger partial charge is 0.320 e. The van der Waals surface area contributed by atoms with E-state index in [1.165, 1.54) is 0 Å². The van der Waals surface area contributed by atoms with Crippen molar-refractivity contribution in [3.8, 4) is 5.69 Å². The SMILES string of the molecule is c1ccc(-n2nnnc2CSc2nccn2Cc2ccccn2)cc1. The van der Waals surface area contributed by atoms with Crippen LogP contribution >= 0.6 is 11.8 Å². The fourth-order valence-electron chi connectivity index (χ4n) is 2.42. The molecule has 0 amide bonds. The van der Waals surface area contributed by atoms with Gasteiger partial charge in [-0.3, -0.25) is 4.98 Å². The molecule has 4 aromatic rings. The monoisotopic (exact) mass is 349 g/mol. The van der Waals surface area contributed by atoms with E-state index in [-0.39, 0.29) is 0 Å². The van der Waals surface area contributed by atoms with Crippen molar-refractivity contribution in [3.63, 3.8) is 0 Å². The van der Waals surface area contributed by atoms with E-state index in [4.69, 9.17) is 0 Å². The second-order valence-electron chi connectivity index (χ2n) is 5.29. The molecule has 0 N–H and O–H groups in total. The number of pyridine rings is 1. The summed E-state index contributed by atoms with van der Waals surface area (Å²) in [5.41, 5.74) is 1.94. The first-order valence-electron chi connectivity index (χ1n) is 7.77. The van der Waals surface area contributed by atoms with Gasteiger partial charge in [0.1, 0.15) is 0 Å². The van der Waals surface area contributed by atoms with Crippen LogP contribution in [-0.2, 0) is 12.3 Å². The van der Waals surface area contributed by atoms with E-state index in [1.54, 1.807) is 28.8 Å². The summed E-state index contributed by atoms with van der Waals surface area (Å²) in [4.78, 5) is 8.80. The third-order valence-corrected chi connectivity index (χ3v) is 4.60. The second-order valence-corrected chi connectivity index (χ2v) is 6.23. The average molecular weight is 349 g/mol. The minimum Gasteiger partial charge on any atom is -0.320 e. The van der Waals surface area contributed by atoms with Gasteiger partial charge in [0.15, 0.2) is 11.0 Å². The fraction of sp³-hybridized carbons (Fsp3) is 0.118. The lowest BCUT2D eigenvalue weighted by Gasteiger charge is -2.07. The van der Waals surface area contributed by atoms with Crippen LogP contribution in [0, 0.1) is 0 Å². The highest BCUT2D eigenvalue weighted by Crippen LogP contribution is 2.21. The van der Waals surface area contributed by atoms with E-state index in [0.717, 1.165) is 22.4 Å². The number of nitrogens with zero attached hydrogens (tertiary/aromatic N) is 7. The highest BCUT2D eigenvalue weighted by molar-refractivity contribution is 7.98. The topological polar surface area (TPSA) is 74.3 Å². The smallest absolute Gasteiger partial charge is 0.168 e. The maximum absolute atomic E-state index is 4.43. The predicted molar refractivity (Wildman–Crippen MR) is 94.3 cm³/mol. The lowest BCUT2D eigenvalue weighted by molar-refractivity contribution is 0.693. The van der Waals surface area contributed by atoms with Crippen LogP contribution in [0.5, 0.6) is 0 Å². The number of rotatable bonds is 6. The maximum atomic E-state index is 4.43. The number of para-hydroxylation sites is 1. The molecule has 3 aromatic heterocycles. The molecule has 1 aromatic carbocycles. The number of hydrogen-bond acceptors (Lipinski definition) is 6. The summed E-state index contributed by atoms with van der Waals surface area (Å²) >= 11 is 1.60. The minimum atomic E-state index is 0.626. The van der Waals surface area contributed by atoms with Crippen LogP contribution < -0.4 is 0 Å². The molecule has 0 aliphatic carbocycles. The fourth-order valence-corrected chi connectivity index (χ4v) is 3.28. The van der Waals surface area contributed by atoms with Gasteiger partial charge >= 0.3 is 0 Å². The van der Waals surface area contributed by atoms with Gasteiger partial charge in [0.25, 0.3) is 0 Å². The van der Waals surface area contributed by atoms with Crippen molar-refractivity contribution in [2.24, 2.45) is 0 Å². The summed E-state index contributed by atoms with van der Waals surface area (Å²) in [6.07, 6.45) is 5.55. The van der Waals surface area contributed by atoms with Gasteiger partial charge in [-0.25, -0.2) is 4.98 Å². The summed E-state index contributed by atoms with van der Waals surface area (Å²) < 4.78 is 3.82. The zero-order valence-electron chi connectivity index (χ0n) is 13.3. The number of thioether (sulfide) groups is 1. The lowest BCUT2D eigenvalue weighted by Crippen LogP contribution is -2.04. The van der Waals surface area contributed by atoms with Crippen molar-refractivity contribution in [3.05, 3.63) is 78.6 Å². The Labute approximate surface area is 148 Å². The van der Waals surface area contributed by atoms with E-state index in [2.05, 4.69) is 30.1 Å². The Morgan fingerprint density at radius 1 is 0.920 bits per heavy atom. The first-order valence-corrected chi connectivity index (χ1v) is 8.75. The molecule has 8 heteroatoms. The lowest BCUT2D eigenvalue weighted by atomic mass is 10.3. The predicted octanol–water partition coefficient (Wildman–Crippen LogP) is 2.59. The minimum absolute atomic E-state index is 0.626. The molecule has 0 saturated heterocycles. The molecule has 0 saturated carbocycles. The highest BCUT2D eigenvalue weighted by atomic mass is 32.2. The van der Waals surface area contributed by atoms with E-state index in [1.807, 2.05) is 54.7 Å². The molecule has 0 spiro atoms. The molecular weight excluding hydrogens is 334 g/mol. The Hall–Kier alpha value is -3.00. The standard InChI is InChI=1S/C17H15N7S/c1-2-7-15(8-3-1)24-16(20-21-22-24)13-25-17-19-10-11-23(17)12-14-6-4-5-9-18-14/h1-11H,12-13H2. The molecule has 0 aliphatic heterocycles. The quantitative estimate of drug-likeness (QED) is 0.498. The number of aromatic nitrogens is 7. The molecule has 124 valence electrons. The van der Waals surface area contributed by atoms with Crippen LogP contribution in [-0.4, -0.2) is 34.7 Å². The third kappa shape index (κ3) is 3.58. The summed E-state index contributed by atoms with van der Waals surface area (Å²) in [5.74, 6) is 1.41. The molecule has 4 rings (SSSR count). The van der Waals surface area contributed by atoms with E-state index < -0.39 is 0 Å². The Bertz CT molecular complexity index is 934. The normalized spacial score (nSPS) is 10.9. The van der Waals surface area contributed by atoms with Crippen molar-refractivity contribution >= 4 is 11.8 Å². The van der Waals surface area contributed by atoms with Gasteiger partial charge in [0, 0.05) is 18.6 Å². The van der Waals surface area contributed by atoms with Gasteiger partial charge in [-0.05, 0) is 34.7 Å². The van der Waals surface area contributed by atoms with Crippen molar-refractivity contribution in [2.75, 3.05) is 0 Å². The molecule has 7 nitrogen and oxygen atoms in total. The van der Waals surface area contributed by atoms with E-state index in [9.17, 15) is 0 Å². The van der Waals surface area contributed by atoms with Gasteiger partial charge < -0.3 is 4.57 Å². The molecule has 0 aliphatic rings. The first-order chi connectivity index (χ1) is 12.4. The van der Waals surface area contributed by atoms with Crippen molar-refractivity contribution in [1.29, 1.82) is 0 Å². The zero-order valence-corrected chi connectivity index (χ0v) is 14.1. The molecule has 0 atom stereocenters. The second kappa shape index (κ2) is 7.27. The maximum Gasteiger partial charge on any atom is 0.168 e.